The third-order valence-corrected chi connectivity index (χ3v) is 10.8. The van der Waals surface area contributed by atoms with E-state index in [0.29, 0.717) is 0 Å². The van der Waals surface area contributed by atoms with Crippen LogP contribution in [0.4, 0.5) is 17.1 Å². The first-order valence-corrected chi connectivity index (χ1v) is 18.7. The van der Waals surface area contributed by atoms with Crippen LogP contribution in [0.1, 0.15) is 0 Å². The second-order valence-corrected chi connectivity index (χ2v) is 14.0. The molecular weight excluding hydrogens is 671 g/mol. The Kier molecular flexibility index (Phi) is 7.17. The lowest BCUT2D eigenvalue weighted by atomic mass is 9.95. The van der Waals surface area contributed by atoms with Gasteiger partial charge >= 0.3 is 0 Å². The van der Waals surface area contributed by atoms with Gasteiger partial charge < -0.3 is 13.7 Å². The van der Waals surface area contributed by atoms with Gasteiger partial charge in [0.15, 0.2) is 5.58 Å². The molecule has 0 unspecified atom stereocenters. The van der Waals surface area contributed by atoms with Gasteiger partial charge in [-0.05, 0) is 75.5 Å². The number of furan rings is 2. The molecule has 2 heterocycles. The van der Waals surface area contributed by atoms with Crippen molar-refractivity contribution in [2.45, 2.75) is 0 Å². The second kappa shape index (κ2) is 12.6. The summed E-state index contributed by atoms with van der Waals surface area (Å²) in [5.41, 5.74) is 13.1. The fourth-order valence-corrected chi connectivity index (χ4v) is 8.29. The number of benzene rings is 9. The summed E-state index contributed by atoms with van der Waals surface area (Å²) in [6.45, 7) is 0. The minimum atomic E-state index is 0.821. The number of rotatable bonds is 6. The van der Waals surface area contributed by atoms with Crippen LogP contribution in [0.3, 0.4) is 0 Å². The normalized spacial score (nSPS) is 11.6. The Bertz CT molecular complexity index is 3200. The van der Waals surface area contributed by atoms with Gasteiger partial charge in [0.25, 0.3) is 0 Å². The molecule has 0 spiro atoms. The van der Waals surface area contributed by atoms with Crippen molar-refractivity contribution in [2.24, 2.45) is 0 Å². The second-order valence-electron chi connectivity index (χ2n) is 14.0. The first-order chi connectivity index (χ1) is 27.3. The van der Waals surface area contributed by atoms with Crippen molar-refractivity contribution in [3.63, 3.8) is 0 Å². The zero-order valence-corrected chi connectivity index (χ0v) is 29.8. The summed E-state index contributed by atoms with van der Waals surface area (Å²) in [4.78, 5) is 2.35. The summed E-state index contributed by atoms with van der Waals surface area (Å²) in [6, 6.07) is 70.8. The van der Waals surface area contributed by atoms with Crippen molar-refractivity contribution in [2.75, 3.05) is 4.90 Å². The average Bonchev–Trinajstić information content (AvgIpc) is 3.84. The molecule has 2 aromatic heterocycles. The lowest BCUT2D eigenvalue weighted by molar-refractivity contribution is 0.668. The predicted molar refractivity (Wildman–Crippen MR) is 229 cm³/mol. The molecule has 0 atom stereocenters. The van der Waals surface area contributed by atoms with Crippen molar-refractivity contribution in [3.8, 4) is 33.4 Å². The molecule has 0 radical (unpaired) electrons. The van der Waals surface area contributed by atoms with Gasteiger partial charge in [0.2, 0.25) is 0 Å². The number of nitrogens with zero attached hydrogens (tertiary/aromatic N) is 1. The SMILES string of the molecule is c1ccc(-c2ccc(N(c3ccc4c(c3)oc3ccccc34)c3cccc4c3oc3c(-c5ccccc5)cc5ccccc5c34)c(-c3ccccc3)c2)cc1. The molecule has 0 saturated heterocycles. The Balaban J connectivity index is 1.23. The number of para-hydroxylation sites is 2. The Morgan fingerprint density at radius 3 is 1.75 bits per heavy atom. The molecule has 0 N–H and O–H groups in total. The Hall–Kier alpha value is -7.36. The van der Waals surface area contributed by atoms with E-state index in [-0.39, 0.29) is 0 Å². The van der Waals surface area contributed by atoms with E-state index in [9.17, 15) is 0 Å². The number of anilines is 3. The first-order valence-electron chi connectivity index (χ1n) is 18.7. The molecule has 11 aromatic rings. The standard InChI is InChI=1S/C52H33NO2/c1-4-15-34(16-5-1)37-27-30-46(44(31-37)35-17-6-2-7-18-35)53(39-28-29-42-41-23-12-13-26-48(41)54-49(42)33-39)47-25-14-24-43-50-40-22-11-10-21-38(40)32-45(52(50)55-51(43)47)36-19-8-3-9-20-36/h1-33H. The topological polar surface area (TPSA) is 29.5 Å². The third-order valence-electron chi connectivity index (χ3n) is 10.8. The summed E-state index contributed by atoms with van der Waals surface area (Å²) in [5, 5.41) is 6.72. The summed E-state index contributed by atoms with van der Waals surface area (Å²) in [6.07, 6.45) is 0. The summed E-state index contributed by atoms with van der Waals surface area (Å²) in [7, 11) is 0. The third kappa shape index (κ3) is 5.13. The van der Waals surface area contributed by atoms with Gasteiger partial charge in [0.05, 0.1) is 17.1 Å². The zero-order chi connectivity index (χ0) is 36.3. The van der Waals surface area contributed by atoms with Crippen molar-refractivity contribution in [1.82, 2.24) is 0 Å². The molecule has 0 amide bonds. The highest BCUT2D eigenvalue weighted by atomic mass is 16.3. The molecule has 0 aliphatic carbocycles. The molecule has 55 heavy (non-hydrogen) atoms. The van der Waals surface area contributed by atoms with E-state index in [1.54, 1.807) is 0 Å². The molecule has 0 bridgehead atoms. The van der Waals surface area contributed by atoms with Crippen LogP contribution in [0.15, 0.2) is 209 Å². The molecule has 0 aliphatic heterocycles. The quantitative estimate of drug-likeness (QED) is 0.173. The number of hydrogen-bond donors (Lipinski definition) is 0. The maximum absolute atomic E-state index is 7.21. The van der Waals surface area contributed by atoms with E-state index >= 15 is 0 Å². The van der Waals surface area contributed by atoms with Crippen LogP contribution in [0, 0.1) is 0 Å². The van der Waals surface area contributed by atoms with E-state index < -0.39 is 0 Å². The first kappa shape index (κ1) is 31.2. The van der Waals surface area contributed by atoms with E-state index in [1.165, 1.54) is 16.3 Å². The van der Waals surface area contributed by atoms with Crippen LogP contribution < -0.4 is 4.90 Å². The lowest BCUT2D eigenvalue weighted by Crippen LogP contribution is -2.11. The number of hydrogen-bond acceptors (Lipinski definition) is 3. The minimum Gasteiger partial charge on any atom is -0.456 e. The van der Waals surface area contributed by atoms with Gasteiger partial charge in [-0.3, -0.25) is 0 Å². The van der Waals surface area contributed by atoms with Gasteiger partial charge in [0, 0.05) is 38.7 Å². The van der Waals surface area contributed by atoms with Crippen molar-refractivity contribution in [1.29, 1.82) is 0 Å². The van der Waals surface area contributed by atoms with Crippen LogP contribution >= 0.6 is 0 Å². The van der Waals surface area contributed by atoms with E-state index in [0.717, 1.165) is 88.8 Å². The van der Waals surface area contributed by atoms with E-state index in [2.05, 4.69) is 193 Å². The smallest absolute Gasteiger partial charge is 0.159 e. The summed E-state index contributed by atoms with van der Waals surface area (Å²) >= 11 is 0. The van der Waals surface area contributed by atoms with Crippen LogP contribution in [-0.4, -0.2) is 0 Å². The molecule has 9 aromatic carbocycles. The minimum absolute atomic E-state index is 0.821. The molecule has 0 aliphatic rings. The lowest BCUT2D eigenvalue weighted by Gasteiger charge is -2.28. The molecule has 258 valence electrons. The van der Waals surface area contributed by atoms with Gasteiger partial charge in [-0.25, -0.2) is 0 Å². The highest BCUT2D eigenvalue weighted by Crippen LogP contribution is 2.49. The van der Waals surface area contributed by atoms with Crippen molar-refractivity contribution in [3.05, 3.63) is 200 Å². The van der Waals surface area contributed by atoms with Crippen LogP contribution in [-0.2, 0) is 0 Å². The van der Waals surface area contributed by atoms with Gasteiger partial charge in [0.1, 0.15) is 16.7 Å². The Morgan fingerprint density at radius 1 is 0.327 bits per heavy atom. The van der Waals surface area contributed by atoms with Crippen molar-refractivity contribution < 1.29 is 8.83 Å². The van der Waals surface area contributed by atoms with Gasteiger partial charge in [-0.15, -0.1) is 0 Å². The van der Waals surface area contributed by atoms with Crippen LogP contribution in [0.25, 0.3) is 88.0 Å². The van der Waals surface area contributed by atoms with E-state index in [4.69, 9.17) is 8.83 Å². The highest BCUT2D eigenvalue weighted by molar-refractivity contribution is 6.24. The van der Waals surface area contributed by atoms with Crippen molar-refractivity contribution >= 4 is 71.7 Å². The van der Waals surface area contributed by atoms with Gasteiger partial charge in [-0.1, -0.05) is 152 Å². The Morgan fingerprint density at radius 2 is 0.964 bits per heavy atom. The fraction of sp³-hybridized carbons (Fsp3) is 0. The molecule has 11 rings (SSSR count). The van der Waals surface area contributed by atoms with E-state index in [1.807, 2.05) is 12.1 Å². The average molecular weight is 704 g/mol. The summed E-state index contributed by atoms with van der Waals surface area (Å²) < 4.78 is 13.7. The number of fused-ring (bicyclic) bond motifs is 8. The van der Waals surface area contributed by atoms with Gasteiger partial charge in [-0.2, -0.15) is 0 Å². The molecule has 0 fully saturated rings. The largest absolute Gasteiger partial charge is 0.456 e. The van der Waals surface area contributed by atoms with Crippen LogP contribution in [0.2, 0.25) is 0 Å². The zero-order valence-electron chi connectivity index (χ0n) is 29.8. The maximum atomic E-state index is 7.21. The molecule has 0 saturated carbocycles. The highest BCUT2D eigenvalue weighted by Gasteiger charge is 2.25. The maximum Gasteiger partial charge on any atom is 0.159 e. The molecule has 3 nitrogen and oxygen atoms in total. The summed E-state index contributed by atoms with van der Waals surface area (Å²) in [5.74, 6) is 0. The van der Waals surface area contributed by atoms with Crippen LogP contribution in [0.5, 0.6) is 0 Å². The molecular formula is C52H33NO2. The predicted octanol–water partition coefficient (Wildman–Crippen LogP) is 15.1. The monoisotopic (exact) mass is 703 g/mol. The fourth-order valence-electron chi connectivity index (χ4n) is 8.29. The Labute approximate surface area is 317 Å². The molecule has 3 heteroatoms.